The van der Waals surface area contributed by atoms with Gasteiger partial charge in [-0.3, -0.25) is 0 Å². The predicted molar refractivity (Wildman–Crippen MR) is 52.6 cm³/mol. The number of hydrogen-bond acceptors (Lipinski definition) is 3. The lowest BCUT2D eigenvalue weighted by Gasteiger charge is -2.07. The number of rotatable bonds is 2. The Labute approximate surface area is 82.4 Å². The molecule has 0 amide bonds. The maximum Gasteiger partial charge on any atom is 0.184 e. The van der Waals surface area contributed by atoms with Crippen molar-refractivity contribution in [2.45, 2.75) is 19.9 Å². The van der Waals surface area contributed by atoms with Crippen molar-refractivity contribution in [3.8, 4) is 11.5 Å². The van der Waals surface area contributed by atoms with E-state index in [9.17, 15) is 0 Å². The normalized spacial score (nSPS) is 11.1. The Kier molecular flexibility index (Phi) is 2.07. The van der Waals surface area contributed by atoms with Gasteiger partial charge in [0, 0.05) is 19.3 Å². The van der Waals surface area contributed by atoms with Crippen LogP contribution in [-0.4, -0.2) is 24.3 Å². The number of aromatic nitrogens is 5. The number of aryl methyl sites for hydroxylation is 1. The lowest BCUT2D eigenvalue weighted by Crippen LogP contribution is -2.01. The van der Waals surface area contributed by atoms with Crippen LogP contribution in [0.5, 0.6) is 0 Å². The van der Waals surface area contributed by atoms with Crippen molar-refractivity contribution in [3.63, 3.8) is 0 Å². The molecule has 0 unspecified atom stereocenters. The molecule has 0 aromatic carbocycles. The van der Waals surface area contributed by atoms with Crippen LogP contribution in [0.25, 0.3) is 11.5 Å². The molecule has 0 aliphatic heterocycles. The lowest BCUT2D eigenvalue weighted by molar-refractivity contribution is 0.603. The third kappa shape index (κ3) is 1.41. The zero-order valence-electron chi connectivity index (χ0n) is 8.55. The second kappa shape index (κ2) is 3.25. The molecule has 0 spiro atoms. The Morgan fingerprint density at radius 1 is 1.29 bits per heavy atom. The molecule has 74 valence electrons. The van der Waals surface area contributed by atoms with Crippen LogP contribution in [0, 0.1) is 0 Å². The fourth-order valence-corrected chi connectivity index (χ4v) is 1.33. The molecule has 0 aliphatic carbocycles. The SMILES string of the molecule is CC(C)n1cnnc1-c1cn(C)cn1. The van der Waals surface area contributed by atoms with Gasteiger partial charge in [0.1, 0.15) is 12.0 Å². The highest BCUT2D eigenvalue weighted by molar-refractivity contribution is 5.47. The monoisotopic (exact) mass is 191 g/mol. The average Bonchev–Trinajstić information content (AvgIpc) is 2.70. The second-order valence-corrected chi connectivity index (χ2v) is 3.58. The largest absolute Gasteiger partial charge is 0.340 e. The lowest BCUT2D eigenvalue weighted by atomic mass is 10.3. The van der Waals surface area contributed by atoms with Crippen LogP contribution in [0.4, 0.5) is 0 Å². The van der Waals surface area contributed by atoms with Crippen molar-refractivity contribution in [1.29, 1.82) is 0 Å². The molecule has 5 nitrogen and oxygen atoms in total. The van der Waals surface area contributed by atoms with Crippen LogP contribution in [0.3, 0.4) is 0 Å². The van der Waals surface area contributed by atoms with Gasteiger partial charge in [-0.15, -0.1) is 10.2 Å². The molecule has 0 fully saturated rings. The van der Waals surface area contributed by atoms with Crippen LogP contribution in [0.15, 0.2) is 18.9 Å². The fourth-order valence-electron chi connectivity index (χ4n) is 1.33. The van der Waals surface area contributed by atoms with Gasteiger partial charge in [0.2, 0.25) is 0 Å². The first-order chi connectivity index (χ1) is 6.68. The van der Waals surface area contributed by atoms with Gasteiger partial charge in [0.25, 0.3) is 0 Å². The maximum absolute atomic E-state index is 4.24. The highest BCUT2D eigenvalue weighted by Gasteiger charge is 2.11. The molecule has 5 heteroatoms. The van der Waals surface area contributed by atoms with E-state index in [0.717, 1.165) is 11.5 Å². The number of imidazole rings is 1. The van der Waals surface area contributed by atoms with Gasteiger partial charge in [-0.05, 0) is 13.8 Å². The molecule has 0 N–H and O–H groups in total. The minimum Gasteiger partial charge on any atom is -0.340 e. The van der Waals surface area contributed by atoms with Crippen molar-refractivity contribution < 1.29 is 0 Å². The molecule has 0 radical (unpaired) electrons. The Bertz CT molecular complexity index is 426. The highest BCUT2D eigenvalue weighted by atomic mass is 15.3. The van der Waals surface area contributed by atoms with Gasteiger partial charge in [-0.1, -0.05) is 0 Å². The van der Waals surface area contributed by atoms with Gasteiger partial charge < -0.3 is 9.13 Å². The zero-order chi connectivity index (χ0) is 10.1. The van der Waals surface area contributed by atoms with Gasteiger partial charge in [-0.2, -0.15) is 0 Å². The first kappa shape index (κ1) is 8.93. The summed E-state index contributed by atoms with van der Waals surface area (Å²) in [6, 6.07) is 0.349. The Balaban J connectivity index is 2.46. The molecule has 0 saturated carbocycles. The minimum atomic E-state index is 0.349. The smallest absolute Gasteiger partial charge is 0.184 e. The molecule has 2 aromatic rings. The van der Waals surface area contributed by atoms with Crippen molar-refractivity contribution in [1.82, 2.24) is 24.3 Å². The van der Waals surface area contributed by atoms with E-state index >= 15 is 0 Å². The van der Waals surface area contributed by atoms with Crippen LogP contribution < -0.4 is 0 Å². The first-order valence-electron chi connectivity index (χ1n) is 4.56. The third-order valence-electron chi connectivity index (χ3n) is 2.06. The quantitative estimate of drug-likeness (QED) is 0.718. The molecular formula is C9H13N5. The van der Waals surface area contributed by atoms with E-state index < -0.39 is 0 Å². The Morgan fingerprint density at radius 2 is 2.07 bits per heavy atom. The molecular weight excluding hydrogens is 178 g/mol. The maximum atomic E-state index is 4.24. The zero-order valence-corrected chi connectivity index (χ0v) is 8.55. The summed E-state index contributed by atoms with van der Waals surface area (Å²) in [6.45, 7) is 4.19. The average molecular weight is 191 g/mol. The van der Waals surface area contributed by atoms with Gasteiger partial charge >= 0.3 is 0 Å². The molecule has 0 saturated heterocycles. The highest BCUT2D eigenvalue weighted by Crippen LogP contribution is 2.17. The standard InChI is InChI=1S/C9H13N5/c1-7(2)14-6-11-12-9(14)8-4-13(3)5-10-8/h4-7H,1-3H3. The van der Waals surface area contributed by atoms with E-state index in [1.165, 1.54) is 0 Å². The van der Waals surface area contributed by atoms with E-state index in [-0.39, 0.29) is 0 Å². The van der Waals surface area contributed by atoms with E-state index in [4.69, 9.17) is 0 Å². The molecule has 2 rings (SSSR count). The third-order valence-corrected chi connectivity index (χ3v) is 2.06. The van der Waals surface area contributed by atoms with Gasteiger partial charge in [0.15, 0.2) is 5.82 Å². The van der Waals surface area contributed by atoms with Crippen LogP contribution in [-0.2, 0) is 7.05 Å². The summed E-state index contributed by atoms with van der Waals surface area (Å²) in [7, 11) is 1.94. The second-order valence-electron chi connectivity index (χ2n) is 3.58. The minimum absolute atomic E-state index is 0.349. The molecule has 0 bridgehead atoms. The summed E-state index contributed by atoms with van der Waals surface area (Å²) in [4.78, 5) is 4.24. The summed E-state index contributed by atoms with van der Waals surface area (Å²) >= 11 is 0. The summed E-state index contributed by atoms with van der Waals surface area (Å²) in [5.41, 5.74) is 0.860. The number of hydrogen-bond donors (Lipinski definition) is 0. The fraction of sp³-hybridized carbons (Fsp3) is 0.444. The van der Waals surface area contributed by atoms with Crippen molar-refractivity contribution >= 4 is 0 Å². The summed E-state index contributed by atoms with van der Waals surface area (Å²) in [6.07, 6.45) is 5.42. The molecule has 2 heterocycles. The van der Waals surface area contributed by atoms with Crippen LogP contribution >= 0.6 is 0 Å². The Hall–Kier alpha value is -1.65. The van der Waals surface area contributed by atoms with Crippen LogP contribution in [0.1, 0.15) is 19.9 Å². The van der Waals surface area contributed by atoms with Gasteiger partial charge in [0.05, 0.1) is 6.33 Å². The molecule has 14 heavy (non-hydrogen) atoms. The van der Waals surface area contributed by atoms with Crippen molar-refractivity contribution in [2.75, 3.05) is 0 Å². The summed E-state index contributed by atoms with van der Waals surface area (Å²) < 4.78 is 3.90. The van der Waals surface area contributed by atoms with Gasteiger partial charge in [-0.25, -0.2) is 4.98 Å². The van der Waals surface area contributed by atoms with Crippen LogP contribution in [0.2, 0.25) is 0 Å². The topological polar surface area (TPSA) is 48.5 Å². The Morgan fingerprint density at radius 3 is 2.64 bits per heavy atom. The van der Waals surface area contributed by atoms with Crippen molar-refractivity contribution in [2.24, 2.45) is 7.05 Å². The number of nitrogens with zero attached hydrogens (tertiary/aromatic N) is 5. The van der Waals surface area contributed by atoms with E-state index in [1.54, 1.807) is 12.7 Å². The molecule has 2 aromatic heterocycles. The van der Waals surface area contributed by atoms with Crippen molar-refractivity contribution in [3.05, 3.63) is 18.9 Å². The van der Waals surface area contributed by atoms with E-state index in [2.05, 4.69) is 29.0 Å². The summed E-state index contributed by atoms with van der Waals surface area (Å²) in [5, 5.41) is 7.95. The first-order valence-corrected chi connectivity index (χ1v) is 4.56. The van der Waals surface area contributed by atoms with E-state index in [1.807, 2.05) is 22.4 Å². The van der Waals surface area contributed by atoms with E-state index in [0.29, 0.717) is 6.04 Å². The molecule has 0 aliphatic rings. The summed E-state index contributed by atoms with van der Waals surface area (Å²) in [5.74, 6) is 0.820. The molecule has 0 atom stereocenters. The predicted octanol–water partition coefficient (Wildman–Crippen LogP) is 1.26.